The van der Waals surface area contributed by atoms with Gasteiger partial charge in [0.1, 0.15) is 5.60 Å². The minimum absolute atomic E-state index is 0.191. The van der Waals surface area contributed by atoms with Gasteiger partial charge in [0.05, 0.1) is 0 Å². The van der Waals surface area contributed by atoms with Crippen LogP contribution in [0.15, 0.2) is 29.2 Å². The first kappa shape index (κ1) is 19.0. The second-order valence-electron chi connectivity index (χ2n) is 7.46. The Morgan fingerprint density at radius 2 is 2.08 bits per heavy atom. The lowest BCUT2D eigenvalue weighted by atomic mass is 9.91. The van der Waals surface area contributed by atoms with E-state index in [2.05, 4.69) is 42.8 Å². The summed E-state index contributed by atoms with van der Waals surface area (Å²) in [5, 5.41) is 3.64. The van der Waals surface area contributed by atoms with Crippen LogP contribution >= 0.6 is 11.8 Å². The van der Waals surface area contributed by atoms with Gasteiger partial charge in [-0.1, -0.05) is 12.1 Å². The van der Waals surface area contributed by atoms with Gasteiger partial charge in [-0.05, 0) is 64.8 Å². The lowest BCUT2D eigenvalue weighted by Gasteiger charge is -2.37. The predicted molar refractivity (Wildman–Crippen MR) is 102 cm³/mol. The maximum Gasteiger partial charge on any atom is 0.410 e. The van der Waals surface area contributed by atoms with Crippen molar-refractivity contribution in [3.8, 4) is 0 Å². The number of hydrogen-bond acceptors (Lipinski definition) is 4. The number of anilines is 1. The maximum absolute atomic E-state index is 12.3. The lowest BCUT2D eigenvalue weighted by molar-refractivity contribution is 0.0159. The van der Waals surface area contributed by atoms with Gasteiger partial charge in [0.2, 0.25) is 0 Å². The zero-order valence-corrected chi connectivity index (χ0v) is 16.3. The van der Waals surface area contributed by atoms with E-state index in [4.69, 9.17) is 4.74 Å². The fourth-order valence-electron chi connectivity index (χ4n) is 3.04. The van der Waals surface area contributed by atoms with Crippen molar-refractivity contribution in [2.45, 2.75) is 57.1 Å². The molecule has 4 nitrogen and oxygen atoms in total. The summed E-state index contributed by atoms with van der Waals surface area (Å²) < 4.78 is 5.52. The number of rotatable bonds is 4. The number of carbonyl (C=O) groups excluding carboxylic acids is 1. The molecule has 1 aromatic rings. The molecule has 1 fully saturated rings. The molecular formula is C19H30N2O2S. The van der Waals surface area contributed by atoms with Crippen molar-refractivity contribution >= 4 is 23.5 Å². The summed E-state index contributed by atoms with van der Waals surface area (Å²) in [7, 11) is 0. The molecule has 1 aliphatic heterocycles. The molecule has 1 amide bonds. The van der Waals surface area contributed by atoms with Crippen LogP contribution in [0.25, 0.3) is 0 Å². The third kappa shape index (κ3) is 5.33. The molecular weight excluding hydrogens is 320 g/mol. The minimum atomic E-state index is -0.439. The summed E-state index contributed by atoms with van der Waals surface area (Å²) in [4.78, 5) is 15.4. The van der Waals surface area contributed by atoms with Gasteiger partial charge in [-0.25, -0.2) is 4.79 Å². The molecule has 2 atom stereocenters. The Kier molecular flexibility index (Phi) is 6.44. The molecule has 1 aliphatic rings. The molecule has 2 unspecified atom stereocenters. The average molecular weight is 351 g/mol. The highest BCUT2D eigenvalue weighted by molar-refractivity contribution is 7.98. The molecule has 1 saturated heterocycles. The van der Waals surface area contributed by atoms with Crippen molar-refractivity contribution in [1.29, 1.82) is 0 Å². The molecule has 24 heavy (non-hydrogen) atoms. The Morgan fingerprint density at radius 3 is 2.75 bits per heavy atom. The van der Waals surface area contributed by atoms with Crippen LogP contribution in [-0.2, 0) is 4.74 Å². The van der Waals surface area contributed by atoms with E-state index in [1.54, 1.807) is 11.8 Å². The molecule has 0 radical (unpaired) electrons. The quantitative estimate of drug-likeness (QED) is 0.788. The summed E-state index contributed by atoms with van der Waals surface area (Å²) in [5.41, 5.74) is 0.734. The number of likely N-dealkylation sites (tertiary alicyclic amines) is 1. The zero-order chi connectivity index (χ0) is 17.7. The van der Waals surface area contributed by atoms with Crippen LogP contribution in [0.5, 0.6) is 0 Å². The predicted octanol–water partition coefficient (Wildman–Crippen LogP) is 4.86. The smallest absolute Gasteiger partial charge is 0.410 e. The lowest BCUT2D eigenvalue weighted by Crippen LogP contribution is -2.46. The van der Waals surface area contributed by atoms with Gasteiger partial charge in [-0.15, -0.1) is 11.8 Å². The molecule has 0 aliphatic carbocycles. The molecule has 0 aromatic heterocycles. The van der Waals surface area contributed by atoms with Gasteiger partial charge in [-0.2, -0.15) is 0 Å². The fraction of sp³-hybridized carbons (Fsp3) is 0.632. The standard InChI is InChI=1S/C19H30N2O2S/c1-14(20-16-10-6-7-11-17(16)24-5)15-9-8-12-21(13-15)18(22)23-19(2,3)4/h6-7,10-11,14-15,20H,8-9,12-13H2,1-5H3. The van der Waals surface area contributed by atoms with Gasteiger partial charge in [-0.3, -0.25) is 0 Å². The van der Waals surface area contributed by atoms with Crippen molar-refractivity contribution < 1.29 is 9.53 Å². The number of thioether (sulfide) groups is 1. The first-order valence-corrected chi connectivity index (χ1v) is 9.90. The van der Waals surface area contributed by atoms with E-state index in [0.29, 0.717) is 12.0 Å². The van der Waals surface area contributed by atoms with E-state index in [1.807, 2.05) is 25.7 Å². The van der Waals surface area contributed by atoms with Crippen molar-refractivity contribution in [1.82, 2.24) is 4.90 Å². The number of hydrogen-bond donors (Lipinski definition) is 1. The van der Waals surface area contributed by atoms with Gasteiger partial charge in [0.15, 0.2) is 0 Å². The Balaban J connectivity index is 1.97. The third-order valence-corrected chi connectivity index (χ3v) is 5.10. The average Bonchev–Trinajstić information content (AvgIpc) is 2.54. The van der Waals surface area contributed by atoms with Crippen molar-refractivity contribution in [3.63, 3.8) is 0 Å². The molecule has 0 bridgehead atoms. The third-order valence-electron chi connectivity index (χ3n) is 4.31. The molecule has 134 valence electrons. The number of nitrogens with one attached hydrogen (secondary N) is 1. The van der Waals surface area contributed by atoms with E-state index in [9.17, 15) is 4.79 Å². The minimum Gasteiger partial charge on any atom is -0.444 e. The highest BCUT2D eigenvalue weighted by Gasteiger charge is 2.30. The molecule has 1 aromatic carbocycles. The molecule has 5 heteroatoms. The largest absolute Gasteiger partial charge is 0.444 e. The fourth-order valence-corrected chi connectivity index (χ4v) is 3.60. The van der Waals surface area contributed by atoms with E-state index < -0.39 is 5.60 Å². The molecule has 0 saturated carbocycles. The Morgan fingerprint density at radius 1 is 1.38 bits per heavy atom. The van der Waals surface area contributed by atoms with Gasteiger partial charge < -0.3 is 15.0 Å². The van der Waals surface area contributed by atoms with Crippen LogP contribution in [0, 0.1) is 5.92 Å². The van der Waals surface area contributed by atoms with Gasteiger partial charge in [0, 0.05) is 29.7 Å². The summed E-state index contributed by atoms with van der Waals surface area (Å²) in [5.74, 6) is 0.432. The Hall–Kier alpha value is -1.36. The number of carbonyl (C=O) groups is 1. The second kappa shape index (κ2) is 8.15. The van der Waals surface area contributed by atoms with Gasteiger partial charge in [0.25, 0.3) is 0 Å². The van der Waals surface area contributed by atoms with E-state index in [1.165, 1.54) is 10.6 Å². The molecule has 2 rings (SSSR count). The first-order chi connectivity index (χ1) is 11.3. The number of para-hydroxylation sites is 1. The summed E-state index contributed by atoms with van der Waals surface area (Å²) in [6.07, 6.45) is 4.06. The Bertz CT molecular complexity index is 557. The van der Waals surface area contributed by atoms with E-state index >= 15 is 0 Å². The highest BCUT2D eigenvalue weighted by atomic mass is 32.2. The number of piperidine rings is 1. The van der Waals surface area contributed by atoms with Crippen molar-refractivity contribution in [2.24, 2.45) is 5.92 Å². The summed E-state index contributed by atoms with van der Waals surface area (Å²) >= 11 is 1.75. The monoisotopic (exact) mass is 350 g/mol. The van der Waals surface area contributed by atoms with E-state index in [-0.39, 0.29) is 6.09 Å². The molecule has 0 spiro atoms. The van der Waals surface area contributed by atoms with Crippen molar-refractivity contribution in [2.75, 3.05) is 24.7 Å². The zero-order valence-electron chi connectivity index (χ0n) is 15.5. The Labute approximate surface area is 150 Å². The number of nitrogens with zero attached hydrogens (tertiary/aromatic N) is 1. The van der Waals surface area contributed by atoms with Crippen LogP contribution in [0.4, 0.5) is 10.5 Å². The SMILES string of the molecule is CSc1ccccc1NC(C)C1CCCN(C(=O)OC(C)(C)C)C1. The van der Waals surface area contributed by atoms with Crippen LogP contribution in [0.3, 0.4) is 0 Å². The number of amides is 1. The normalized spacial score (nSPS) is 19.7. The first-order valence-electron chi connectivity index (χ1n) is 8.67. The number of ether oxygens (including phenoxy) is 1. The van der Waals surface area contributed by atoms with Crippen molar-refractivity contribution in [3.05, 3.63) is 24.3 Å². The highest BCUT2D eigenvalue weighted by Crippen LogP contribution is 2.28. The topological polar surface area (TPSA) is 41.6 Å². The van der Waals surface area contributed by atoms with Crippen LogP contribution in [0.1, 0.15) is 40.5 Å². The van der Waals surface area contributed by atoms with Crippen LogP contribution in [0.2, 0.25) is 0 Å². The van der Waals surface area contributed by atoms with E-state index in [0.717, 1.165) is 25.9 Å². The second-order valence-corrected chi connectivity index (χ2v) is 8.31. The summed E-state index contributed by atoms with van der Waals surface area (Å²) in [6, 6.07) is 8.68. The van der Waals surface area contributed by atoms with Gasteiger partial charge >= 0.3 is 6.09 Å². The van der Waals surface area contributed by atoms with Crippen LogP contribution < -0.4 is 5.32 Å². The number of benzene rings is 1. The molecule has 1 heterocycles. The molecule has 1 N–H and O–H groups in total. The maximum atomic E-state index is 12.3. The van der Waals surface area contributed by atoms with Crippen LogP contribution in [-0.4, -0.2) is 42.0 Å². The summed E-state index contributed by atoms with van der Waals surface area (Å²) in [6.45, 7) is 9.49.